The first kappa shape index (κ1) is 11.5. The average Bonchev–Trinajstić information content (AvgIpc) is 2.43. The summed E-state index contributed by atoms with van der Waals surface area (Å²) in [6, 6.07) is 15.7. The topological polar surface area (TPSA) is 48.1 Å². The van der Waals surface area contributed by atoms with Gasteiger partial charge < -0.3 is 10.5 Å². The summed E-state index contributed by atoms with van der Waals surface area (Å²) in [5, 5.41) is 1.03. The molecule has 0 atom stereocenters. The van der Waals surface area contributed by atoms with Crippen molar-refractivity contribution in [3.05, 3.63) is 60.4 Å². The van der Waals surface area contributed by atoms with Crippen molar-refractivity contribution < 1.29 is 9.13 Å². The first-order chi connectivity index (χ1) is 9.22. The van der Waals surface area contributed by atoms with Gasteiger partial charge in [-0.25, -0.2) is 9.37 Å². The second kappa shape index (κ2) is 4.57. The number of hydrogen-bond acceptors (Lipinski definition) is 3. The Morgan fingerprint density at radius 2 is 1.84 bits per heavy atom. The van der Waals surface area contributed by atoms with Crippen molar-refractivity contribution in [1.82, 2.24) is 4.98 Å². The summed E-state index contributed by atoms with van der Waals surface area (Å²) in [6.45, 7) is 0. The van der Waals surface area contributed by atoms with Crippen LogP contribution in [0.3, 0.4) is 0 Å². The van der Waals surface area contributed by atoms with E-state index in [-0.39, 0.29) is 5.69 Å². The third kappa shape index (κ3) is 2.33. The highest BCUT2D eigenvalue weighted by molar-refractivity contribution is 5.78. The van der Waals surface area contributed by atoms with E-state index in [1.54, 1.807) is 12.1 Å². The van der Waals surface area contributed by atoms with Gasteiger partial charge in [-0.05, 0) is 24.3 Å². The molecule has 3 aromatic rings. The molecule has 0 aliphatic carbocycles. The lowest BCUT2D eigenvalue weighted by Gasteiger charge is -2.06. The number of halogens is 1. The monoisotopic (exact) mass is 254 g/mol. The van der Waals surface area contributed by atoms with Gasteiger partial charge in [0.2, 0.25) is 5.88 Å². The third-order valence-electron chi connectivity index (χ3n) is 2.77. The molecule has 2 N–H and O–H groups in total. The van der Waals surface area contributed by atoms with Crippen LogP contribution in [-0.4, -0.2) is 4.98 Å². The lowest BCUT2D eigenvalue weighted by molar-refractivity contribution is 0.460. The summed E-state index contributed by atoms with van der Waals surface area (Å²) in [6.07, 6.45) is 0. The van der Waals surface area contributed by atoms with Crippen molar-refractivity contribution in [2.24, 2.45) is 0 Å². The van der Waals surface area contributed by atoms with Crippen molar-refractivity contribution in [1.29, 1.82) is 0 Å². The molecule has 3 nitrogen and oxygen atoms in total. The number of para-hydroxylation sites is 1. The molecule has 0 amide bonds. The average molecular weight is 254 g/mol. The molecule has 2 aromatic carbocycles. The van der Waals surface area contributed by atoms with Gasteiger partial charge in [0.1, 0.15) is 11.6 Å². The minimum Gasteiger partial charge on any atom is -0.439 e. The highest BCUT2D eigenvalue weighted by atomic mass is 19.1. The standard InChI is InChI=1S/C15H11FN2O/c16-12-9-11(6-7-13(12)17)19-15-8-5-10-3-1-2-4-14(10)18-15/h1-9H,17H2. The fourth-order valence-electron chi connectivity index (χ4n) is 1.80. The quantitative estimate of drug-likeness (QED) is 0.708. The number of hydrogen-bond donors (Lipinski definition) is 1. The Labute approximate surface area is 109 Å². The Kier molecular flexibility index (Phi) is 2.76. The lowest BCUT2D eigenvalue weighted by Crippen LogP contribution is -1.92. The number of nitrogens with two attached hydrogens (primary N) is 1. The van der Waals surface area contributed by atoms with E-state index in [4.69, 9.17) is 10.5 Å². The molecular weight excluding hydrogens is 243 g/mol. The second-order valence-corrected chi connectivity index (χ2v) is 4.13. The largest absolute Gasteiger partial charge is 0.439 e. The van der Waals surface area contributed by atoms with Gasteiger partial charge in [-0.15, -0.1) is 0 Å². The van der Waals surface area contributed by atoms with Gasteiger partial charge >= 0.3 is 0 Å². The maximum absolute atomic E-state index is 13.3. The van der Waals surface area contributed by atoms with Gasteiger partial charge in [0, 0.05) is 17.5 Å². The predicted octanol–water partition coefficient (Wildman–Crippen LogP) is 3.75. The number of aromatic nitrogens is 1. The molecule has 0 unspecified atom stereocenters. The van der Waals surface area contributed by atoms with Gasteiger partial charge in [0.25, 0.3) is 0 Å². The van der Waals surface area contributed by atoms with Gasteiger partial charge in [-0.3, -0.25) is 0 Å². The molecule has 94 valence electrons. The zero-order valence-electron chi connectivity index (χ0n) is 10.0. The van der Waals surface area contributed by atoms with Crippen LogP contribution in [0.1, 0.15) is 0 Å². The molecule has 0 radical (unpaired) electrons. The SMILES string of the molecule is Nc1ccc(Oc2ccc3ccccc3n2)cc1F. The summed E-state index contributed by atoms with van der Waals surface area (Å²) in [5.41, 5.74) is 6.34. The van der Waals surface area contributed by atoms with E-state index in [1.807, 2.05) is 30.3 Å². The Morgan fingerprint density at radius 1 is 1.00 bits per heavy atom. The van der Waals surface area contributed by atoms with Crippen molar-refractivity contribution in [3.63, 3.8) is 0 Å². The van der Waals surface area contributed by atoms with Crippen molar-refractivity contribution in [3.8, 4) is 11.6 Å². The summed E-state index contributed by atoms with van der Waals surface area (Å²) in [5.74, 6) is 0.288. The van der Waals surface area contributed by atoms with Gasteiger partial charge in [-0.2, -0.15) is 0 Å². The van der Waals surface area contributed by atoms with Crippen LogP contribution < -0.4 is 10.5 Å². The fourth-order valence-corrected chi connectivity index (χ4v) is 1.80. The maximum Gasteiger partial charge on any atom is 0.219 e. The molecule has 3 rings (SSSR count). The number of benzene rings is 2. The first-order valence-electron chi connectivity index (χ1n) is 5.81. The minimum atomic E-state index is -0.502. The molecule has 0 saturated heterocycles. The molecule has 19 heavy (non-hydrogen) atoms. The van der Waals surface area contributed by atoms with E-state index in [0.29, 0.717) is 11.6 Å². The Morgan fingerprint density at radius 3 is 2.68 bits per heavy atom. The molecule has 0 aliphatic heterocycles. The predicted molar refractivity (Wildman–Crippen MR) is 72.6 cm³/mol. The van der Waals surface area contributed by atoms with E-state index in [9.17, 15) is 4.39 Å². The van der Waals surface area contributed by atoms with E-state index in [1.165, 1.54) is 12.1 Å². The van der Waals surface area contributed by atoms with Crippen molar-refractivity contribution >= 4 is 16.6 Å². The maximum atomic E-state index is 13.3. The number of nitrogens with zero attached hydrogens (tertiary/aromatic N) is 1. The zero-order valence-corrected chi connectivity index (χ0v) is 10.0. The summed E-state index contributed by atoms with van der Waals surface area (Å²) < 4.78 is 18.8. The number of pyridine rings is 1. The van der Waals surface area contributed by atoms with E-state index >= 15 is 0 Å². The molecule has 0 bridgehead atoms. The molecule has 1 aromatic heterocycles. The Balaban J connectivity index is 1.94. The van der Waals surface area contributed by atoms with E-state index in [0.717, 1.165) is 10.9 Å². The number of fused-ring (bicyclic) bond motifs is 1. The molecule has 0 aliphatic rings. The number of rotatable bonds is 2. The fraction of sp³-hybridized carbons (Fsp3) is 0. The van der Waals surface area contributed by atoms with Crippen LogP contribution in [-0.2, 0) is 0 Å². The molecule has 0 saturated carbocycles. The minimum absolute atomic E-state index is 0.0961. The zero-order chi connectivity index (χ0) is 13.2. The Bertz CT molecular complexity index is 743. The van der Waals surface area contributed by atoms with Crippen molar-refractivity contribution in [2.75, 3.05) is 5.73 Å². The van der Waals surface area contributed by atoms with Crippen LogP contribution >= 0.6 is 0 Å². The van der Waals surface area contributed by atoms with Crippen LogP contribution in [0.2, 0.25) is 0 Å². The van der Waals surface area contributed by atoms with Crippen LogP contribution in [0, 0.1) is 5.82 Å². The highest BCUT2D eigenvalue weighted by Crippen LogP contribution is 2.24. The van der Waals surface area contributed by atoms with Crippen LogP contribution in [0.4, 0.5) is 10.1 Å². The highest BCUT2D eigenvalue weighted by Gasteiger charge is 2.04. The van der Waals surface area contributed by atoms with E-state index < -0.39 is 5.82 Å². The molecule has 4 heteroatoms. The number of ether oxygens (including phenoxy) is 1. The van der Waals surface area contributed by atoms with Gasteiger partial charge in [0.05, 0.1) is 11.2 Å². The second-order valence-electron chi connectivity index (χ2n) is 4.13. The molecule has 1 heterocycles. The van der Waals surface area contributed by atoms with E-state index in [2.05, 4.69) is 4.98 Å². The molecule has 0 fully saturated rings. The number of nitrogen functional groups attached to an aromatic ring is 1. The van der Waals surface area contributed by atoms with Crippen LogP contribution in [0.15, 0.2) is 54.6 Å². The molecular formula is C15H11FN2O. The van der Waals surface area contributed by atoms with Crippen LogP contribution in [0.5, 0.6) is 11.6 Å². The number of anilines is 1. The smallest absolute Gasteiger partial charge is 0.219 e. The van der Waals surface area contributed by atoms with Gasteiger partial charge in [-0.1, -0.05) is 18.2 Å². The summed E-state index contributed by atoms with van der Waals surface area (Å²) in [4.78, 5) is 4.35. The summed E-state index contributed by atoms with van der Waals surface area (Å²) >= 11 is 0. The van der Waals surface area contributed by atoms with Gasteiger partial charge in [0.15, 0.2) is 0 Å². The summed E-state index contributed by atoms with van der Waals surface area (Å²) in [7, 11) is 0. The van der Waals surface area contributed by atoms with Crippen molar-refractivity contribution in [2.45, 2.75) is 0 Å². The van der Waals surface area contributed by atoms with Crippen LogP contribution in [0.25, 0.3) is 10.9 Å². The lowest BCUT2D eigenvalue weighted by atomic mass is 10.2. The molecule has 0 spiro atoms. The Hall–Kier alpha value is -2.62. The third-order valence-corrected chi connectivity index (χ3v) is 2.77. The normalized spacial score (nSPS) is 10.6. The first-order valence-corrected chi connectivity index (χ1v) is 5.81.